The molecule has 0 spiro atoms. The van der Waals surface area contributed by atoms with Crippen LogP contribution < -0.4 is 0 Å². The van der Waals surface area contributed by atoms with Crippen LogP contribution in [0.4, 0.5) is 0 Å². The van der Waals surface area contributed by atoms with E-state index in [0.717, 1.165) is 17.0 Å². The third-order valence-electron chi connectivity index (χ3n) is 2.34. The average Bonchev–Trinajstić information content (AvgIpc) is 2.73. The quantitative estimate of drug-likeness (QED) is 0.487. The molecular weight excluding hydrogens is 326 g/mol. The Kier molecular flexibility index (Phi) is 15.5. The molecule has 0 fully saturated rings. The van der Waals surface area contributed by atoms with Crippen LogP contribution in [-0.4, -0.2) is 21.2 Å². The fraction of sp³-hybridized carbons (Fsp3) is 0.562. The van der Waals surface area contributed by atoms with Crippen molar-refractivity contribution < 1.29 is 17.9 Å². The molecule has 0 aliphatic heterocycles. The molecule has 0 unspecified atom stereocenters. The number of hydrogen-bond donors (Lipinski definition) is 0. The largest absolute Gasteiger partial charge is 0.0988 e. The van der Waals surface area contributed by atoms with E-state index in [0.29, 0.717) is 0 Å². The van der Waals surface area contributed by atoms with Crippen molar-refractivity contribution in [2.45, 2.75) is 58.5 Å². The van der Waals surface area contributed by atoms with Gasteiger partial charge in [0.2, 0.25) is 0 Å². The monoisotopic (exact) mass is 354 g/mol. The van der Waals surface area contributed by atoms with Crippen molar-refractivity contribution in [3.05, 3.63) is 37.3 Å². The summed E-state index contributed by atoms with van der Waals surface area (Å²) in [5.74, 6) is 0. The number of allylic oxidation sites excluding steroid dienone is 4. The summed E-state index contributed by atoms with van der Waals surface area (Å²) >= 11 is 2.36. The first-order valence-electron chi connectivity index (χ1n) is 6.43. The first-order valence-corrected chi connectivity index (χ1v) is 8.79. The molecule has 0 saturated heterocycles. The Hall–Kier alpha value is 0.183. The van der Waals surface area contributed by atoms with Crippen molar-refractivity contribution in [2.24, 2.45) is 0 Å². The van der Waals surface area contributed by atoms with Crippen molar-refractivity contribution in [3.63, 3.8) is 0 Å². The van der Waals surface area contributed by atoms with Crippen LogP contribution in [0.25, 0.3) is 0 Å². The summed E-state index contributed by atoms with van der Waals surface area (Å²) in [4.78, 5) is 0. The minimum Gasteiger partial charge on any atom is -0.0988 e. The molecule has 0 saturated carbocycles. The Morgan fingerprint density at radius 2 is 1.11 bits per heavy atom. The third kappa shape index (κ3) is 12.6. The van der Waals surface area contributed by atoms with E-state index in [1.54, 1.807) is 0 Å². The van der Waals surface area contributed by atoms with Gasteiger partial charge in [-0.2, -0.15) is 0 Å². The van der Waals surface area contributed by atoms with Gasteiger partial charge in [0.05, 0.1) is 0 Å². The number of rotatable bonds is 3. The second-order valence-electron chi connectivity index (χ2n) is 4.81. The average molecular weight is 354 g/mol. The van der Waals surface area contributed by atoms with Gasteiger partial charge in [-0.1, -0.05) is 73.8 Å². The van der Waals surface area contributed by atoms with E-state index in [1.807, 2.05) is 30.7 Å². The molecule has 0 N–H and O–H groups in total. The smallest absolute Gasteiger partial charge is 0.00506 e. The summed E-state index contributed by atoms with van der Waals surface area (Å²) in [7, 11) is 0.262. The van der Waals surface area contributed by atoms with E-state index in [9.17, 15) is 0 Å². The topological polar surface area (TPSA) is 0 Å². The van der Waals surface area contributed by atoms with Crippen molar-refractivity contribution >= 4 is 12.2 Å². The van der Waals surface area contributed by atoms with Gasteiger partial charge in [0.15, 0.2) is 0 Å². The van der Waals surface area contributed by atoms with Crippen LogP contribution in [0.3, 0.4) is 0 Å². The fourth-order valence-corrected chi connectivity index (χ4v) is 5.69. The van der Waals surface area contributed by atoms with Crippen LogP contribution in [0.2, 0.25) is 0 Å². The van der Waals surface area contributed by atoms with Gasteiger partial charge in [0.1, 0.15) is 0 Å². The molecule has 106 valence electrons. The zero-order chi connectivity index (χ0) is 14.6. The summed E-state index contributed by atoms with van der Waals surface area (Å²) in [6.45, 7) is 17.3. The summed E-state index contributed by atoms with van der Waals surface area (Å²) in [5, 5.41) is 0. The van der Waals surface area contributed by atoms with Crippen LogP contribution >= 0.6 is 7.92 Å². The van der Waals surface area contributed by atoms with E-state index in [1.165, 1.54) is 0 Å². The molecule has 0 nitrogen and oxygen atoms in total. The van der Waals surface area contributed by atoms with Crippen LogP contribution in [-0.2, 0) is 17.9 Å². The van der Waals surface area contributed by atoms with Crippen LogP contribution in [0.5, 0.6) is 0 Å². The first kappa shape index (κ1) is 20.5. The van der Waals surface area contributed by atoms with Gasteiger partial charge < -0.3 is 0 Å². The molecular formula is C16H28PRh. The Morgan fingerprint density at radius 1 is 0.833 bits per heavy atom. The zero-order valence-electron chi connectivity index (χ0n) is 12.6. The molecule has 0 aromatic rings. The van der Waals surface area contributed by atoms with E-state index >= 15 is 0 Å². The minimum absolute atomic E-state index is 0.262. The normalized spacial score (nSPS) is 12.4. The van der Waals surface area contributed by atoms with Gasteiger partial charge in [-0.05, 0) is 17.0 Å². The Labute approximate surface area is 126 Å². The molecule has 0 atom stereocenters. The van der Waals surface area contributed by atoms with Gasteiger partial charge in [-0.25, -0.2) is 0 Å². The van der Waals surface area contributed by atoms with Crippen LogP contribution in [0.1, 0.15) is 41.5 Å². The molecule has 1 rings (SSSR count). The van der Waals surface area contributed by atoms with E-state index in [2.05, 4.69) is 70.2 Å². The SMILES string of the molecule is C=[C]=[Rh].CC(C)P(C(C)C)C(C)C.[CH]1C=CC=C1. The van der Waals surface area contributed by atoms with E-state index < -0.39 is 0 Å². The molecule has 2 heteroatoms. The standard InChI is InChI=1S/C9H21P.C5H5.C2H2.Rh/c1-7(2)10(8(3)4)9(5)6;1-2-4-5-3-1;1-2;/h7-9H,1-6H3;1-5H;1H2;. The van der Waals surface area contributed by atoms with Crippen LogP contribution in [0.15, 0.2) is 30.9 Å². The maximum atomic E-state index is 3.19. The molecule has 0 heterocycles. The molecule has 18 heavy (non-hydrogen) atoms. The van der Waals surface area contributed by atoms with Crippen molar-refractivity contribution in [3.8, 4) is 0 Å². The Bertz CT molecular complexity index is 240. The van der Waals surface area contributed by atoms with Crippen molar-refractivity contribution in [1.29, 1.82) is 0 Å². The van der Waals surface area contributed by atoms with Crippen LogP contribution in [0, 0.1) is 6.42 Å². The molecule has 1 aliphatic carbocycles. The second-order valence-corrected chi connectivity index (χ2v) is 9.38. The molecule has 0 aromatic carbocycles. The fourth-order valence-electron chi connectivity index (χ4n) is 2.11. The summed E-state index contributed by atoms with van der Waals surface area (Å²) in [6.07, 6.45) is 10.0. The first-order chi connectivity index (χ1) is 8.38. The van der Waals surface area contributed by atoms with E-state index in [4.69, 9.17) is 0 Å². The van der Waals surface area contributed by atoms with Gasteiger partial charge in [-0.15, -0.1) is 0 Å². The van der Waals surface area contributed by atoms with Crippen molar-refractivity contribution in [1.82, 2.24) is 0 Å². The maximum absolute atomic E-state index is 3.19. The summed E-state index contributed by atoms with van der Waals surface area (Å²) < 4.78 is 2.39. The third-order valence-corrected chi connectivity index (χ3v) is 5.92. The van der Waals surface area contributed by atoms with Gasteiger partial charge in [0.25, 0.3) is 0 Å². The number of hydrogen-bond acceptors (Lipinski definition) is 0. The van der Waals surface area contributed by atoms with Gasteiger partial charge in [0, 0.05) is 6.42 Å². The van der Waals surface area contributed by atoms with Crippen molar-refractivity contribution in [2.75, 3.05) is 0 Å². The second kappa shape index (κ2) is 13.6. The Morgan fingerprint density at radius 3 is 1.17 bits per heavy atom. The minimum atomic E-state index is 0.262. The zero-order valence-corrected chi connectivity index (χ0v) is 15.1. The predicted octanol–water partition coefficient (Wildman–Crippen LogP) is 5.13. The summed E-state index contributed by atoms with van der Waals surface area (Å²) in [6, 6.07) is 0. The van der Waals surface area contributed by atoms with Gasteiger partial charge >= 0.3 is 28.7 Å². The molecule has 1 aliphatic rings. The molecule has 0 aromatic heterocycles. The molecule has 0 bridgehead atoms. The molecule has 1 radical (unpaired) electrons. The van der Waals surface area contributed by atoms with Gasteiger partial charge in [-0.3, -0.25) is 0 Å². The molecule has 0 amide bonds. The van der Waals surface area contributed by atoms with E-state index in [-0.39, 0.29) is 7.92 Å². The maximum Gasteiger partial charge on any atom is 0.00506 e. The Balaban J connectivity index is 0. The summed E-state index contributed by atoms with van der Waals surface area (Å²) in [5.41, 5.74) is 2.69. The predicted molar refractivity (Wildman–Crippen MR) is 85.5 cm³/mol.